The number of benzene rings is 2. The number of aromatic nitrogens is 2. The number of fused-ring (bicyclic) bond motifs is 1. The first-order valence-electron chi connectivity index (χ1n) is 8.56. The summed E-state index contributed by atoms with van der Waals surface area (Å²) in [7, 11) is 3.08. The van der Waals surface area contributed by atoms with Gasteiger partial charge in [-0.2, -0.15) is 0 Å². The number of amides is 1. The van der Waals surface area contributed by atoms with E-state index in [9.17, 15) is 13.6 Å². The average Bonchev–Trinajstić information content (AvgIpc) is 3.12. The van der Waals surface area contributed by atoms with Crippen LogP contribution in [0, 0.1) is 11.6 Å². The molecule has 1 aromatic heterocycles. The fourth-order valence-electron chi connectivity index (χ4n) is 3.42. The molecule has 1 atom stereocenters. The molecular weight excluding hydrogens is 368 g/mol. The van der Waals surface area contributed by atoms with E-state index in [1.165, 1.54) is 18.0 Å². The standard InChI is InChI=1S/C20H17F2N3O3/c1-27-12-4-5-13(17(8-12)28-2)14-9-18(26)24-20-19(14)23-10-25(20)16-7-11(21)3-6-15(16)22/h3-8,10,14H,9H2,1-2H3,(H,24,26)/t14-/m1/s1. The summed E-state index contributed by atoms with van der Waals surface area (Å²) in [6, 6.07) is 8.43. The van der Waals surface area contributed by atoms with Crippen molar-refractivity contribution in [3.05, 3.63) is 65.6 Å². The molecule has 28 heavy (non-hydrogen) atoms. The van der Waals surface area contributed by atoms with Crippen LogP contribution >= 0.6 is 0 Å². The van der Waals surface area contributed by atoms with Crippen LogP contribution in [0.25, 0.3) is 5.69 Å². The van der Waals surface area contributed by atoms with Crippen molar-refractivity contribution < 1.29 is 23.0 Å². The number of halogens is 2. The van der Waals surface area contributed by atoms with Gasteiger partial charge >= 0.3 is 0 Å². The van der Waals surface area contributed by atoms with Gasteiger partial charge in [0, 0.05) is 30.0 Å². The predicted molar refractivity (Wildman–Crippen MR) is 98.1 cm³/mol. The summed E-state index contributed by atoms with van der Waals surface area (Å²) < 4.78 is 39.9. The maximum atomic E-state index is 14.3. The third-order valence-electron chi connectivity index (χ3n) is 4.76. The summed E-state index contributed by atoms with van der Waals surface area (Å²) in [5, 5.41) is 2.72. The maximum absolute atomic E-state index is 14.3. The first-order valence-corrected chi connectivity index (χ1v) is 8.56. The molecule has 8 heteroatoms. The Kier molecular flexibility index (Phi) is 4.46. The van der Waals surface area contributed by atoms with Gasteiger partial charge in [-0.3, -0.25) is 9.36 Å². The first kappa shape index (κ1) is 18.0. The lowest BCUT2D eigenvalue weighted by atomic mass is 9.89. The number of carbonyl (C=O) groups excluding carboxylic acids is 1. The van der Waals surface area contributed by atoms with Gasteiger partial charge in [-0.05, 0) is 18.2 Å². The summed E-state index contributed by atoms with van der Waals surface area (Å²) in [6.07, 6.45) is 1.52. The quantitative estimate of drug-likeness (QED) is 0.745. The number of rotatable bonds is 4. The number of anilines is 1. The topological polar surface area (TPSA) is 65.4 Å². The van der Waals surface area contributed by atoms with Crippen LogP contribution in [0.4, 0.5) is 14.6 Å². The van der Waals surface area contributed by atoms with Crippen molar-refractivity contribution in [2.45, 2.75) is 12.3 Å². The molecule has 1 amide bonds. The number of nitrogens with one attached hydrogen (secondary N) is 1. The molecule has 4 rings (SSSR count). The predicted octanol–water partition coefficient (Wildman–Crippen LogP) is 3.64. The van der Waals surface area contributed by atoms with Crippen molar-refractivity contribution >= 4 is 11.7 Å². The molecule has 0 spiro atoms. The molecule has 6 nitrogen and oxygen atoms in total. The first-order chi connectivity index (χ1) is 13.5. The van der Waals surface area contributed by atoms with E-state index >= 15 is 0 Å². The minimum absolute atomic E-state index is 0.0311. The van der Waals surface area contributed by atoms with Gasteiger partial charge in [0.2, 0.25) is 5.91 Å². The Balaban J connectivity index is 1.85. The molecule has 2 heterocycles. The monoisotopic (exact) mass is 385 g/mol. The lowest BCUT2D eigenvalue weighted by Gasteiger charge is -2.25. The number of ether oxygens (including phenoxy) is 2. The average molecular weight is 385 g/mol. The number of imidazole rings is 1. The molecule has 0 unspecified atom stereocenters. The number of methoxy groups -OCH3 is 2. The van der Waals surface area contributed by atoms with E-state index in [1.807, 2.05) is 6.07 Å². The number of carbonyl (C=O) groups is 1. The number of hydrogen-bond acceptors (Lipinski definition) is 4. The van der Waals surface area contributed by atoms with Crippen molar-refractivity contribution in [1.29, 1.82) is 0 Å². The van der Waals surface area contributed by atoms with Crippen LogP contribution in [0.2, 0.25) is 0 Å². The fourth-order valence-corrected chi connectivity index (χ4v) is 3.42. The Morgan fingerprint density at radius 3 is 2.71 bits per heavy atom. The third-order valence-corrected chi connectivity index (χ3v) is 4.76. The molecule has 0 aliphatic carbocycles. The molecule has 1 aliphatic heterocycles. The lowest BCUT2D eigenvalue weighted by molar-refractivity contribution is -0.116. The van der Waals surface area contributed by atoms with E-state index in [-0.39, 0.29) is 18.0 Å². The largest absolute Gasteiger partial charge is 0.497 e. The maximum Gasteiger partial charge on any atom is 0.226 e. The summed E-state index contributed by atoms with van der Waals surface area (Å²) in [5.41, 5.74) is 1.27. The molecule has 1 N–H and O–H groups in total. The van der Waals surface area contributed by atoms with E-state index in [0.29, 0.717) is 23.0 Å². The van der Waals surface area contributed by atoms with Crippen LogP contribution in [0.15, 0.2) is 42.7 Å². The molecule has 0 saturated heterocycles. The van der Waals surface area contributed by atoms with Crippen molar-refractivity contribution in [3.8, 4) is 17.2 Å². The van der Waals surface area contributed by atoms with Crippen molar-refractivity contribution in [3.63, 3.8) is 0 Å². The highest BCUT2D eigenvalue weighted by molar-refractivity contribution is 5.94. The summed E-state index contributed by atoms with van der Waals surface area (Å²) in [5.74, 6) is -0.390. The Labute approximate surface area is 159 Å². The zero-order valence-corrected chi connectivity index (χ0v) is 15.2. The van der Waals surface area contributed by atoms with Crippen LogP contribution in [0.1, 0.15) is 23.6 Å². The van der Waals surface area contributed by atoms with E-state index < -0.39 is 17.6 Å². The molecule has 0 saturated carbocycles. The summed E-state index contributed by atoms with van der Waals surface area (Å²) in [4.78, 5) is 16.8. The zero-order chi connectivity index (χ0) is 19.8. The van der Waals surface area contributed by atoms with E-state index in [0.717, 1.165) is 23.8 Å². The highest BCUT2D eigenvalue weighted by Crippen LogP contribution is 2.42. The van der Waals surface area contributed by atoms with Gasteiger partial charge in [-0.1, -0.05) is 6.07 Å². The fraction of sp³-hybridized carbons (Fsp3) is 0.200. The molecular formula is C20H17F2N3O3. The molecule has 0 radical (unpaired) electrons. The van der Waals surface area contributed by atoms with E-state index in [4.69, 9.17) is 9.47 Å². The zero-order valence-electron chi connectivity index (χ0n) is 15.2. The summed E-state index contributed by atoms with van der Waals surface area (Å²) >= 11 is 0. The van der Waals surface area contributed by atoms with Gasteiger partial charge in [0.1, 0.15) is 35.3 Å². The third kappa shape index (κ3) is 2.96. The van der Waals surface area contributed by atoms with E-state index in [1.54, 1.807) is 19.2 Å². The van der Waals surface area contributed by atoms with Gasteiger partial charge in [0.15, 0.2) is 0 Å². The Morgan fingerprint density at radius 1 is 1.14 bits per heavy atom. The molecule has 0 bridgehead atoms. The number of hydrogen-bond donors (Lipinski definition) is 1. The molecule has 1 aliphatic rings. The Morgan fingerprint density at radius 2 is 1.96 bits per heavy atom. The van der Waals surface area contributed by atoms with Gasteiger partial charge in [0.05, 0.1) is 25.6 Å². The SMILES string of the molecule is COc1ccc([C@H]2CC(=O)Nc3c2ncn3-c2cc(F)ccc2F)c(OC)c1. The minimum Gasteiger partial charge on any atom is -0.497 e. The van der Waals surface area contributed by atoms with Gasteiger partial charge in [0.25, 0.3) is 0 Å². The highest BCUT2D eigenvalue weighted by Gasteiger charge is 2.33. The second kappa shape index (κ2) is 6.95. The van der Waals surface area contributed by atoms with Crippen molar-refractivity contribution in [2.75, 3.05) is 19.5 Å². The van der Waals surface area contributed by atoms with Crippen LogP contribution in [0.5, 0.6) is 11.5 Å². The Hall–Kier alpha value is -3.42. The second-order valence-corrected chi connectivity index (χ2v) is 6.36. The van der Waals surface area contributed by atoms with Crippen molar-refractivity contribution in [2.24, 2.45) is 0 Å². The van der Waals surface area contributed by atoms with E-state index in [2.05, 4.69) is 10.3 Å². The highest BCUT2D eigenvalue weighted by atomic mass is 19.1. The minimum atomic E-state index is -0.625. The normalized spacial score (nSPS) is 15.7. The van der Waals surface area contributed by atoms with Gasteiger partial charge in [-0.15, -0.1) is 0 Å². The van der Waals surface area contributed by atoms with Crippen LogP contribution in [-0.2, 0) is 4.79 Å². The van der Waals surface area contributed by atoms with Crippen LogP contribution in [0.3, 0.4) is 0 Å². The Bertz CT molecular complexity index is 1060. The molecule has 2 aromatic carbocycles. The smallest absolute Gasteiger partial charge is 0.226 e. The van der Waals surface area contributed by atoms with Gasteiger partial charge in [-0.25, -0.2) is 13.8 Å². The summed E-state index contributed by atoms with van der Waals surface area (Å²) in [6.45, 7) is 0. The van der Waals surface area contributed by atoms with Gasteiger partial charge < -0.3 is 14.8 Å². The number of nitrogens with zero attached hydrogens (tertiary/aromatic N) is 2. The second-order valence-electron chi connectivity index (χ2n) is 6.36. The molecule has 3 aromatic rings. The van der Waals surface area contributed by atoms with Crippen molar-refractivity contribution in [1.82, 2.24) is 9.55 Å². The molecule has 0 fully saturated rings. The molecule has 144 valence electrons. The lowest BCUT2D eigenvalue weighted by Crippen LogP contribution is -2.25. The van der Waals surface area contributed by atoms with Crippen LogP contribution in [-0.4, -0.2) is 29.7 Å². The van der Waals surface area contributed by atoms with Crippen LogP contribution < -0.4 is 14.8 Å².